The molecule has 180 valence electrons. The van der Waals surface area contributed by atoms with E-state index >= 15 is 0 Å². The van der Waals surface area contributed by atoms with Gasteiger partial charge in [-0.3, -0.25) is 4.79 Å². The van der Waals surface area contributed by atoms with Crippen molar-refractivity contribution in [1.82, 2.24) is 9.80 Å². The lowest BCUT2D eigenvalue weighted by molar-refractivity contribution is -0.133. The van der Waals surface area contributed by atoms with Crippen molar-refractivity contribution >= 4 is 17.6 Å². The second-order valence-corrected chi connectivity index (χ2v) is 7.71. The molecule has 0 radical (unpaired) electrons. The summed E-state index contributed by atoms with van der Waals surface area (Å²) in [5.41, 5.74) is 0.730. The summed E-state index contributed by atoms with van der Waals surface area (Å²) in [6.45, 7) is 2.18. The number of methoxy groups -OCH3 is 1. The maximum atomic E-state index is 14.0. The lowest BCUT2D eigenvalue weighted by atomic mass is 10.2. The van der Waals surface area contributed by atoms with Gasteiger partial charge < -0.3 is 24.3 Å². The van der Waals surface area contributed by atoms with Crippen LogP contribution in [0.3, 0.4) is 0 Å². The molecule has 9 heteroatoms. The number of furan rings is 1. The summed E-state index contributed by atoms with van der Waals surface area (Å²) >= 11 is 0. The summed E-state index contributed by atoms with van der Waals surface area (Å²) in [5, 5.41) is 2.50. The molecule has 0 unspecified atom stereocenters. The summed E-state index contributed by atoms with van der Waals surface area (Å²) in [6.07, 6.45) is 0. The summed E-state index contributed by atoms with van der Waals surface area (Å²) in [6, 6.07) is 14.5. The van der Waals surface area contributed by atoms with E-state index in [2.05, 4.69) is 5.32 Å². The Labute approximate surface area is 196 Å². The smallest absolute Gasteiger partial charge is 0.322 e. The summed E-state index contributed by atoms with van der Waals surface area (Å²) in [4.78, 5) is 28.9. The fraction of sp³-hybridized carbons (Fsp3) is 0.280. The molecule has 3 amide bonds. The number of carbonyl (C=O) groups excluding carboxylic acids is 2. The van der Waals surface area contributed by atoms with Crippen LogP contribution in [0.1, 0.15) is 17.1 Å². The van der Waals surface area contributed by atoms with Crippen LogP contribution in [0.5, 0.6) is 0 Å². The highest BCUT2D eigenvalue weighted by Gasteiger charge is 2.23. The number of carbonyl (C=O) groups is 2. The molecule has 0 saturated carbocycles. The lowest BCUT2D eigenvalue weighted by Gasteiger charge is -2.27. The van der Waals surface area contributed by atoms with Crippen LogP contribution in [-0.4, -0.2) is 48.5 Å². The van der Waals surface area contributed by atoms with Crippen molar-refractivity contribution < 1.29 is 27.5 Å². The zero-order valence-corrected chi connectivity index (χ0v) is 19.1. The van der Waals surface area contributed by atoms with E-state index in [-0.39, 0.29) is 50.2 Å². The molecule has 1 N–H and O–H groups in total. The summed E-state index contributed by atoms with van der Waals surface area (Å²) < 4.78 is 38.0. The number of nitrogens with zero attached hydrogens (tertiary/aromatic N) is 2. The molecule has 0 bridgehead atoms. The Hall–Kier alpha value is -3.72. The Bertz CT molecular complexity index is 1100. The molecular weight excluding hydrogens is 444 g/mol. The van der Waals surface area contributed by atoms with Gasteiger partial charge in [-0.15, -0.1) is 0 Å². The minimum Gasteiger partial charge on any atom is -0.464 e. The van der Waals surface area contributed by atoms with Crippen molar-refractivity contribution in [2.75, 3.05) is 32.1 Å². The van der Waals surface area contributed by atoms with Gasteiger partial charge in [0.15, 0.2) is 0 Å². The van der Waals surface area contributed by atoms with E-state index in [1.54, 1.807) is 37.3 Å². The van der Waals surface area contributed by atoms with Gasteiger partial charge in [0.05, 0.1) is 18.8 Å². The van der Waals surface area contributed by atoms with Gasteiger partial charge in [-0.25, -0.2) is 13.6 Å². The number of ether oxygens (including phenoxy) is 1. The largest absolute Gasteiger partial charge is 0.464 e. The van der Waals surface area contributed by atoms with E-state index in [0.717, 1.165) is 5.56 Å². The number of para-hydroxylation sites is 1. The van der Waals surface area contributed by atoms with E-state index in [1.807, 2.05) is 0 Å². The van der Waals surface area contributed by atoms with Crippen LogP contribution < -0.4 is 5.32 Å². The zero-order valence-electron chi connectivity index (χ0n) is 19.1. The maximum Gasteiger partial charge on any atom is 0.322 e. The normalized spacial score (nSPS) is 10.7. The van der Waals surface area contributed by atoms with E-state index in [0.29, 0.717) is 11.5 Å². The van der Waals surface area contributed by atoms with Crippen molar-refractivity contribution in [3.05, 3.63) is 89.4 Å². The molecule has 2 aromatic carbocycles. The van der Waals surface area contributed by atoms with E-state index in [1.165, 1.54) is 47.2 Å². The van der Waals surface area contributed by atoms with Crippen molar-refractivity contribution in [3.63, 3.8) is 0 Å². The number of nitrogens with one attached hydrogen (secondary N) is 1. The van der Waals surface area contributed by atoms with Gasteiger partial charge in [0.1, 0.15) is 29.7 Å². The van der Waals surface area contributed by atoms with Gasteiger partial charge in [0, 0.05) is 20.2 Å². The fourth-order valence-corrected chi connectivity index (χ4v) is 3.27. The number of hydrogen-bond acceptors (Lipinski definition) is 4. The Morgan fingerprint density at radius 2 is 1.71 bits per heavy atom. The van der Waals surface area contributed by atoms with E-state index in [9.17, 15) is 18.4 Å². The molecule has 1 aromatic heterocycles. The Kier molecular flexibility index (Phi) is 8.75. The molecule has 3 rings (SSSR count). The Morgan fingerprint density at radius 1 is 0.971 bits per heavy atom. The quantitative estimate of drug-likeness (QED) is 0.470. The molecule has 0 aliphatic heterocycles. The minimum absolute atomic E-state index is 0.0107. The molecule has 0 spiro atoms. The van der Waals surface area contributed by atoms with Gasteiger partial charge in [-0.2, -0.15) is 0 Å². The van der Waals surface area contributed by atoms with E-state index < -0.39 is 11.8 Å². The van der Waals surface area contributed by atoms with Crippen molar-refractivity contribution in [3.8, 4) is 0 Å². The first-order valence-electron chi connectivity index (χ1n) is 10.7. The predicted molar refractivity (Wildman–Crippen MR) is 123 cm³/mol. The first-order chi connectivity index (χ1) is 16.4. The van der Waals surface area contributed by atoms with Crippen LogP contribution >= 0.6 is 0 Å². The molecule has 3 aromatic rings. The molecule has 0 saturated heterocycles. The standard InChI is InChI=1S/C25H27F2N3O4/c1-18-7-12-21(34-18)16-30(15-19-8-10-20(26)11-9-19)24(31)17-29(13-14-33-2)25(32)28-23-6-4-3-5-22(23)27/h3-12H,13-17H2,1-2H3,(H,28,32). The number of aryl methyl sites for hydroxylation is 1. The molecule has 0 aliphatic carbocycles. The zero-order chi connectivity index (χ0) is 24.5. The number of benzene rings is 2. The molecule has 0 aliphatic rings. The third-order valence-corrected chi connectivity index (χ3v) is 5.08. The minimum atomic E-state index is -0.633. The van der Waals surface area contributed by atoms with Gasteiger partial charge in [0.25, 0.3) is 0 Å². The van der Waals surface area contributed by atoms with Gasteiger partial charge in [0.2, 0.25) is 5.91 Å². The topological polar surface area (TPSA) is 75.0 Å². The number of halogens is 2. The van der Waals surface area contributed by atoms with Crippen LogP contribution in [0.25, 0.3) is 0 Å². The number of hydrogen-bond donors (Lipinski definition) is 1. The SMILES string of the molecule is COCCN(CC(=O)N(Cc1ccc(F)cc1)Cc1ccc(C)o1)C(=O)Nc1ccccc1F. The Balaban J connectivity index is 1.77. The average molecular weight is 472 g/mol. The van der Waals surface area contributed by atoms with Crippen molar-refractivity contribution in [1.29, 1.82) is 0 Å². The fourth-order valence-electron chi connectivity index (χ4n) is 3.27. The van der Waals surface area contributed by atoms with E-state index in [4.69, 9.17) is 9.15 Å². The first kappa shape index (κ1) is 24.9. The predicted octanol–water partition coefficient (Wildman–Crippen LogP) is 4.58. The number of anilines is 1. The highest BCUT2D eigenvalue weighted by molar-refractivity contribution is 5.92. The monoisotopic (exact) mass is 471 g/mol. The number of urea groups is 1. The van der Waals surface area contributed by atoms with Crippen molar-refractivity contribution in [2.45, 2.75) is 20.0 Å². The number of rotatable bonds is 10. The second kappa shape index (κ2) is 11.9. The number of amides is 3. The van der Waals surface area contributed by atoms with Crippen molar-refractivity contribution in [2.24, 2.45) is 0 Å². The van der Waals surface area contributed by atoms with Crippen LogP contribution in [0.2, 0.25) is 0 Å². The molecular formula is C25H27F2N3O4. The average Bonchev–Trinajstić information content (AvgIpc) is 3.23. The highest BCUT2D eigenvalue weighted by Crippen LogP contribution is 2.16. The molecule has 1 heterocycles. The van der Waals surface area contributed by atoms with Crippen LogP contribution in [0.15, 0.2) is 65.1 Å². The van der Waals surface area contributed by atoms with Gasteiger partial charge in [-0.1, -0.05) is 24.3 Å². The first-order valence-corrected chi connectivity index (χ1v) is 10.7. The second-order valence-electron chi connectivity index (χ2n) is 7.71. The highest BCUT2D eigenvalue weighted by atomic mass is 19.1. The van der Waals surface area contributed by atoms with Crippen LogP contribution in [0, 0.1) is 18.6 Å². The van der Waals surface area contributed by atoms with Gasteiger partial charge >= 0.3 is 6.03 Å². The lowest BCUT2D eigenvalue weighted by Crippen LogP contribution is -2.45. The molecule has 0 atom stereocenters. The molecule has 0 fully saturated rings. The summed E-state index contributed by atoms with van der Waals surface area (Å²) in [7, 11) is 1.48. The molecule has 34 heavy (non-hydrogen) atoms. The summed E-state index contributed by atoms with van der Waals surface area (Å²) in [5.74, 6) is -0.0422. The third-order valence-electron chi connectivity index (χ3n) is 5.08. The van der Waals surface area contributed by atoms with Gasteiger partial charge in [-0.05, 0) is 48.9 Å². The molecule has 7 nitrogen and oxygen atoms in total. The maximum absolute atomic E-state index is 14.0. The Morgan fingerprint density at radius 3 is 2.35 bits per heavy atom. The van der Waals surface area contributed by atoms with Crippen LogP contribution in [0.4, 0.5) is 19.3 Å². The van der Waals surface area contributed by atoms with Crippen LogP contribution in [-0.2, 0) is 22.6 Å². The third kappa shape index (κ3) is 7.14.